The molecule has 5 heterocycles. The number of aromatic amines is 2. The topological polar surface area (TPSA) is 124 Å². The number of amides is 1. The van der Waals surface area contributed by atoms with E-state index in [1.165, 1.54) is 22.3 Å². The number of fused-ring (bicyclic) bond motifs is 8. The number of carbonyl (C=O) groups excluding carboxylic acids is 1. The van der Waals surface area contributed by atoms with Gasteiger partial charge in [0.25, 0.3) is 5.91 Å². The Labute approximate surface area is 434 Å². The predicted molar refractivity (Wildman–Crippen MR) is 308 cm³/mol. The summed E-state index contributed by atoms with van der Waals surface area (Å²) in [6, 6.07) is 38.6. The second-order valence-corrected chi connectivity index (χ2v) is 22.3. The summed E-state index contributed by atoms with van der Waals surface area (Å²) in [4.78, 5) is 45.0. The van der Waals surface area contributed by atoms with Crippen LogP contribution < -0.4 is 5.32 Å². The number of rotatable bonds is 7. The predicted octanol–water partition coefficient (Wildman–Crippen LogP) is 16.7. The fourth-order valence-electron chi connectivity index (χ4n) is 10.8. The van der Waals surface area contributed by atoms with Crippen LogP contribution in [0.5, 0.6) is 0 Å². The van der Waals surface area contributed by atoms with Gasteiger partial charge in [-0.2, -0.15) is 0 Å². The molecule has 4 N–H and O–H groups in total. The number of benzene rings is 5. The molecule has 5 aromatic carbocycles. The summed E-state index contributed by atoms with van der Waals surface area (Å²) in [5.41, 5.74) is 24.5. The third kappa shape index (κ3) is 9.33. The SMILES string of the molecule is Cc1cc(C)c(-c2c3nc(c(-c4ccc(C(=O)Nc5cc(C(C)(C)C)cc(C(C)(C)C)c5)cc4)c4ccc([nH]4)c(-c4c(C)cc(C)cc4C)c4nc(c(-c5ccc(C(=O)O)cc5)c5ccc2[nH]5)C=C4)C=C3)c(C)c1. The summed E-state index contributed by atoms with van der Waals surface area (Å²) in [5.74, 6) is -1.17. The third-order valence-electron chi connectivity index (χ3n) is 14.4. The fourth-order valence-corrected chi connectivity index (χ4v) is 10.8. The first-order valence-corrected chi connectivity index (χ1v) is 25.4. The number of carboxylic acid groups (broad SMARTS) is 1. The number of anilines is 1. The molecule has 74 heavy (non-hydrogen) atoms. The van der Waals surface area contributed by atoms with Crippen LogP contribution >= 0.6 is 0 Å². The molecule has 0 saturated heterocycles. The van der Waals surface area contributed by atoms with Crippen molar-refractivity contribution in [2.45, 2.75) is 93.9 Å². The van der Waals surface area contributed by atoms with Gasteiger partial charge in [-0.3, -0.25) is 4.79 Å². The molecule has 8 aromatic rings. The van der Waals surface area contributed by atoms with Gasteiger partial charge in [-0.25, -0.2) is 14.8 Å². The van der Waals surface area contributed by atoms with E-state index in [0.29, 0.717) is 5.56 Å². The molecule has 0 aliphatic carbocycles. The maximum absolute atomic E-state index is 14.2. The Morgan fingerprint density at radius 1 is 0.432 bits per heavy atom. The van der Waals surface area contributed by atoms with Gasteiger partial charge >= 0.3 is 5.97 Å². The van der Waals surface area contributed by atoms with Crippen LogP contribution in [-0.2, 0) is 10.8 Å². The van der Waals surface area contributed by atoms with Crippen molar-refractivity contribution in [3.8, 4) is 44.5 Å². The van der Waals surface area contributed by atoms with Gasteiger partial charge in [-0.05, 0) is 193 Å². The average Bonchev–Trinajstić information content (AvgIpc) is 4.19. The number of aromatic nitrogens is 4. The van der Waals surface area contributed by atoms with E-state index in [-0.39, 0.29) is 22.3 Å². The molecule has 8 nitrogen and oxygen atoms in total. The molecule has 1 amide bonds. The van der Waals surface area contributed by atoms with E-state index in [2.05, 4.69) is 189 Å². The highest BCUT2D eigenvalue weighted by molar-refractivity contribution is 6.06. The minimum atomic E-state index is -0.985. The van der Waals surface area contributed by atoms with E-state index >= 15 is 0 Å². The van der Waals surface area contributed by atoms with Gasteiger partial charge in [-0.1, -0.05) is 107 Å². The first-order valence-electron chi connectivity index (χ1n) is 25.4. The van der Waals surface area contributed by atoms with Crippen molar-refractivity contribution in [2.75, 3.05) is 5.32 Å². The average molecular weight is 974 g/mol. The van der Waals surface area contributed by atoms with E-state index in [1.54, 1.807) is 12.1 Å². The number of hydrogen-bond acceptors (Lipinski definition) is 4. The summed E-state index contributed by atoms with van der Waals surface area (Å²) < 4.78 is 0. The summed E-state index contributed by atoms with van der Waals surface area (Å²) in [6.07, 6.45) is 8.32. The molecule has 0 spiro atoms. The maximum Gasteiger partial charge on any atom is 0.335 e. The van der Waals surface area contributed by atoms with Crippen molar-refractivity contribution in [1.82, 2.24) is 19.9 Å². The standard InChI is InChI=1S/C66H63N5O3/c1-36-29-38(3)57(39(4)30-36)61-53-25-21-49(68-53)59(42-13-17-44(18-14-42)63(72)67-48-34-46(65(7,8)9)33-47(35-48)66(10,11)12)50-22-26-54(69-50)62(58-40(5)31-37(2)32-41(58)6)56-28-24-52(71-56)60(51-23-27-55(61)70-51)43-15-19-45(20-16-43)64(73)74/h13-35,68,71H,1-12H3,(H,67,72)(H,73,74). The number of H-pyrrole nitrogens is 2. The lowest BCUT2D eigenvalue weighted by molar-refractivity contribution is 0.0696. The van der Waals surface area contributed by atoms with Gasteiger partial charge < -0.3 is 20.4 Å². The number of nitrogens with zero attached hydrogens (tertiary/aromatic N) is 2. The van der Waals surface area contributed by atoms with Crippen LogP contribution in [0, 0.1) is 41.5 Å². The quantitative estimate of drug-likeness (QED) is 0.127. The van der Waals surface area contributed by atoms with Gasteiger partial charge in [0.2, 0.25) is 0 Å². The summed E-state index contributed by atoms with van der Waals surface area (Å²) >= 11 is 0. The highest BCUT2D eigenvalue weighted by Gasteiger charge is 2.24. The van der Waals surface area contributed by atoms with Crippen LogP contribution in [0.3, 0.4) is 0 Å². The van der Waals surface area contributed by atoms with Crippen molar-refractivity contribution in [2.24, 2.45) is 0 Å². The Morgan fingerprint density at radius 2 is 0.770 bits per heavy atom. The molecule has 2 aliphatic rings. The molecule has 0 atom stereocenters. The highest BCUT2D eigenvalue weighted by atomic mass is 16.4. The van der Waals surface area contributed by atoms with Crippen molar-refractivity contribution in [1.29, 1.82) is 0 Å². The Balaban J connectivity index is 1.25. The zero-order valence-electron chi connectivity index (χ0n) is 44.4. The Hall–Kier alpha value is -8.36. The molecular formula is C66H63N5O3. The van der Waals surface area contributed by atoms with Gasteiger partial charge in [0.1, 0.15) is 0 Å². The number of carbonyl (C=O) groups is 2. The molecule has 370 valence electrons. The Bertz CT molecular complexity index is 3730. The largest absolute Gasteiger partial charge is 0.478 e. The summed E-state index contributed by atoms with van der Waals surface area (Å²) in [7, 11) is 0. The lowest BCUT2D eigenvalue weighted by Crippen LogP contribution is -2.18. The minimum Gasteiger partial charge on any atom is -0.478 e. The van der Waals surface area contributed by atoms with Crippen molar-refractivity contribution >= 4 is 63.9 Å². The van der Waals surface area contributed by atoms with Gasteiger partial charge in [-0.15, -0.1) is 0 Å². The first-order chi connectivity index (χ1) is 35.1. The van der Waals surface area contributed by atoms with E-state index in [4.69, 9.17) is 9.97 Å². The molecule has 0 unspecified atom stereocenters. The zero-order valence-corrected chi connectivity index (χ0v) is 44.4. The monoisotopic (exact) mass is 973 g/mol. The van der Waals surface area contributed by atoms with Crippen LogP contribution in [0.25, 0.3) is 90.9 Å². The number of nitrogens with one attached hydrogen (secondary N) is 3. The molecule has 2 aliphatic heterocycles. The van der Waals surface area contributed by atoms with Gasteiger partial charge in [0.05, 0.1) is 28.3 Å². The smallest absolute Gasteiger partial charge is 0.335 e. The van der Waals surface area contributed by atoms with Gasteiger partial charge in [0, 0.05) is 55.6 Å². The van der Waals surface area contributed by atoms with Crippen LogP contribution in [0.15, 0.2) is 115 Å². The van der Waals surface area contributed by atoms with Crippen molar-refractivity contribution < 1.29 is 14.7 Å². The molecule has 3 aromatic heterocycles. The number of aryl methyl sites for hydroxylation is 6. The zero-order chi connectivity index (χ0) is 52.5. The Kier molecular flexibility index (Phi) is 12.4. The summed E-state index contributed by atoms with van der Waals surface area (Å²) in [5, 5.41) is 13.1. The van der Waals surface area contributed by atoms with E-state index in [1.807, 2.05) is 36.4 Å². The van der Waals surface area contributed by atoms with E-state index < -0.39 is 5.97 Å². The minimum absolute atomic E-state index is 0.0996. The first kappa shape index (κ1) is 49.2. The van der Waals surface area contributed by atoms with Crippen LogP contribution in [0.2, 0.25) is 0 Å². The number of carboxylic acids is 1. The molecule has 8 heteroatoms. The van der Waals surface area contributed by atoms with Crippen LogP contribution in [0.4, 0.5) is 5.69 Å². The lowest BCUT2D eigenvalue weighted by Gasteiger charge is -2.26. The van der Waals surface area contributed by atoms with Crippen molar-refractivity contribution in [3.05, 3.63) is 194 Å². The van der Waals surface area contributed by atoms with Crippen LogP contribution in [-0.4, -0.2) is 36.9 Å². The molecular weight excluding hydrogens is 911 g/mol. The van der Waals surface area contributed by atoms with Gasteiger partial charge in [0.15, 0.2) is 0 Å². The van der Waals surface area contributed by atoms with E-state index in [0.717, 1.165) is 117 Å². The molecule has 8 bridgehead atoms. The number of hydrogen-bond donors (Lipinski definition) is 4. The third-order valence-corrected chi connectivity index (χ3v) is 14.4. The maximum atomic E-state index is 14.2. The molecule has 0 saturated carbocycles. The second-order valence-electron chi connectivity index (χ2n) is 22.3. The molecule has 0 radical (unpaired) electrons. The Morgan fingerprint density at radius 3 is 1.12 bits per heavy atom. The lowest BCUT2D eigenvalue weighted by atomic mass is 9.80. The molecule has 0 fully saturated rings. The number of aromatic carboxylic acids is 1. The second kappa shape index (κ2) is 18.6. The van der Waals surface area contributed by atoms with Crippen LogP contribution in [0.1, 0.15) is 130 Å². The van der Waals surface area contributed by atoms with Crippen molar-refractivity contribution in [3.63, 3.8) is 0 Å². The highest BCUT2D eigenvalue weighted by Crippen LogP contribution is 2.42. The normalized spacial score (nSPS) is 12.4. The molecule has 10 rings (SSSR count). The fraction of sp³-hybridized carbons (Fsp3) is 0.212. The van der Waals surface area contributed by atoms with E-state index in [9.17, 15) is 14.7 Å². The summed E-state index contributed by atoms with van der Waals surface area (Å²) in [6.45, 7) is 26.0.